The molecule has 0 unspecified atom stereocenters. The van der Waals surface area contributed by atoms with Crippen LogP contribution in [0, 0.1) is 10.1 Å². The summed E-state index contributed by atoms with van der Waals surface area (Å²) in [5.74, 6) is -0.556. The Hall–Kier alpha value is -4.12. The summed E-state index contributed by atoms with van der Waals surface area (Å²) in [6.45, 7) is 4.07. The Morgan fingerprint density at radius 2 is 1.86 bits per heavy atom. The minimum absolute atomic E-state index is 0.0567. The van der Waals surface area contributed by atoms with Gasteiger partial charge in [-0.1, -0.05) is 12.5 Å². The Morgan fingerprint density at radius 1 is 1.11 bits per heavy atom. The summed E-state index contributed by atoms with van der Waals surface area (Å²) in [6.07, 6.45) is 2.02. The second kappa shape index (κ2) is 11.3. The van der Waals surface area contributed by atoms with E-state index in [9.17, 15) is 24.5 Å². The minimum atomic E-state index is -0.657. The van der Waals surface area contributed by atoms with Gasteiger partial charge in [0.25, 0.3) is 17.5 Å². The van der Waals surface area contributed by atoms with Crippen molar-refractivity contribution in [3.8, 4) is 17.0 Å². The third kappa shape index (κ3) is 6.00. The van der Waals surface area contributed by atoms with Gasteiger partial charge in [-0.3, -0.25) is 29.4 Å². The molecule has 0 radical (unpaired) electrons. The Kier molecular flexibility index (Phi) is 7.92. The molecule has 0 bridgehead atoms. The lowest BCUT2D eigenvalue weighted by Gasteiger charge is -2.13. The van der Waals surface area contributed by atoms with Crippen molar-refractivity contribution in [3.63, 3.8) is 0 Å². The van der Waals surface area contributed by atoms with Gasteiger partial charge in [-0.15, -0.1) is 11.3 Å². The molecule has 10 nitrogen and oxygen atoms in total. The number of hydrogen-bond acceptors (Lipinski definition) is 8. The zero-order valence-corrected chi connectivity index (χ0v) is 21.2. The van der Waals surface area contributed by atoms with Crippen molar-refractivity contribution in [1.82, 2.24) is 9.88 Å². The van der Waals surface area contributed by atoms with Crippen LogP contribution in [0.25, 0.3) is 11.3 Å². The van der Waals surface area contributed by atoms with Gasteiger partial charge in [0.15, 0.2) is 5.13 Å². The van der Waals surface area contributed by atoms with E-state index in [2.05, 4.69) is 10.3 Å². The number of aromatic nitrogens is 1. The molecule has 0 saturated carbocycles. The standard InChI is InChI=1S/C26H26N4O6S/c1-16(2)36-18-12-10-17(11-13-18)20-15-37-26(27-20)28-22(31)9-4-3-5-14-29-24(32)19-7-6-8-21(30(34)35)23(19)25(29)33/h6-8,10-13,15-16H,3-5,9,14H2,1-2H3,(H,27,28,31). The van der Waals surface area contributed by atoms with Crippen molar-refractivity contribution in [1.29, 1.82) is 0 Å². The Bertz CT molecular complexity index is 1340. The Balaban J connectivity index is 1.21. The number of nitrogens with one attached hydrogen (secondary N) is 1. The number of carbonyl (C=O) groups is 3. The molecule has 1 N–H and O–H groups in total. The second-order valence-corrected chi connectivity index (χ2v) is 9.66. The number of hydrogen-bond donors (Lipinski definition) is 1. The summed E-state index contributed by atoms with van der Waals surface area (Å²) in [5.41, 5.74) is 1.22. The zero-order valence-electron chi connectivity index (χ0n) is 20.4. The van der Waals surface area contributed by atoms with E-state index in [4.69, 9.17) is 4.74 Å². The van der Waals surface area contributed by atoms with Crippen molar-refractivity contribution in [3.05, 3.63) is 69.1 Å². The molecule has 1 aliphatic rings. The van der Waals surface area contributed by atoms with Crippen molar-refractivity contribution in [2.45, 2.75) is 45.6 Å². The van der Waals surface area contributed by atoms with Crippen LogP contribution in [-0.2, 0) is 4.79 Å². The van der Waals surface area contributed by atoms with E-state index in [1.165, 1.54) is 29.5 Å². The fourth-order valence-electron chi connectivity index (χ4n) is 4.03. The number of nitro groups is 1. The Labute approximate surface area is 217 Å². The fraction of sp³-hybridized carbons (Fsp3) is 0.308. The van der Waals surface area contributed by atoms with E-state index in [0.29, 0.717) is 24.4 Å². The highest BCUT2D eigenvalue weighted by atomic mass is 32.1. The first-order valence-electron chi connectivity index (χ1n) is 11.9. The summed E-state index contributed by atoms with van der Waals surface area (Å²) in [4.78, 5) is 53.5. The molecular weight excluding hydrogens is 496 g/mol. The third-order valence-electron chi connectivity index (χ3n) is 5.73. The van der Waals surface area contributed by atoms with Crippen molar-refractivity contribution >= 4 is 39.9 Å². The number of fused-ring (bicyclic) bond motifs is 1. The van der Waals surface area contributed by atoms with Crippen LogP contribution in [0.1, 0.15) is 60.2 Å². The van der Waals surface area contributed by atoms with Gasteiger partial charge in [0, 0.05) is 30.0 Å². The number of unbranched alkanes of at least 4 members (excludes halogenated alkanes) is 2. The molecule has 3 aromatic rings. The number of nitrogens with zero attached hydrogens (tertiary/aromatic N) is 3. The average molecular weight is 523 g/mol. The predicted molar refractivity (Wildman–Crippen MR) is 139 cm³/mol. The van der Waals surface area contributed by atoms with E-state index >= 15 is 0 Å². The molecule has 4 rings (SSSR count). The van der Waals surface area contributed by atoms with Gasteiger partial charge in [0.1, 0.15) is 11.3 Å². The molecule has 0 saturated heterocycles. The molecule has 1 aromatic heterocycles. The van der Waals surface area contributed by atoms with Gasteiger partial charge in [0.2, 0.25) is 5.91 Å². The first-order valence-corrected chi connectivity index (χ1v) is 12.8. The molecule has 2 aromatic carbocycles. The summed E-state index contributed by atoms with van der Waals surface area (Å²) >= 11 is 1.34. The maximum atomic E-state index is 12.6. The maximum Gasteiger partial charge on any atom is 0.282 e. The van der Waals surface area contributed by atoms with E-state index in [1.54, 1.807) is 0 Å². The van der Waals surface area contributed by atoms with Crippen LogP contribution in [0.2, 0.25) is 0 Å². The van der Waals surface area contributed by atoms with Gasteiger partial charge in [-0.2, -0.15) is 0 Å². The lowest BCUT2D eigenvalue weighted by atomic mass is 10.1. The number of amides is 3. The van der Waals surface area contributed by atoms with Gasteiger partial charge in [0.05, 0.1) is 22.3 Å². The largest absolute Gasteiger partial charge is 0.491 e. The van der Waals surface area contributed by atoms with Crippen molar-refractivity contribution in [2.24, 2.45) is 0 Å². The van der Waals surface area contributed by atoms with E-state index < -0.39 is 16.7 Å². The summed E-state index contributed by atoms with van der Waals surface area (Å²) in [5, 5.41) is 16.4. The Morgan fingerprint density at radius 3 is 2.57 bits per heavy atom. The summed E-state index contributed by atoms with van der Waals surface area (Å²) < 4.78 is 5.65. The van der Waals surface area contributed by atoms with Crippen LogP contribution in [0.3, 0.4) is 0 Å². The number of carbonyl (C=O) groups excluding carboxylic acids is 3. The molecule has 0 atom stereocenters. The zero-order chi connectivity index (χ0) is 26.5. The van der Waals surface area contributed by atoms with Crippen LogP contribution in [0.4, 0.5) is 10.8 Å². The van der Waals surface area contributed by atoms with Gasteiger partial charge < -0.3 is 10.1 Å². The smallest absolute Gasteiger partial charge is 0.282 e. The summed E-state index contributed by atoms with van der Waals surface area (Å²) in [6, 6.07) is 11.7. The molecule has 2 heterocycles. The SMILES string of the molecule is CC(C)Oc1ccc(-c2csc(NC(=O)CCCCCN3C(=O)c4cccc([N+](=O)[O-])c4C3=O)n2)cc1. The second-order valence-electron chi connectivity index (χ2n) is 8.81. The molecule has 0 fully saturated rings. The maximum absolute atomic E-state index is 12.6. The highest BCUT2D eigenvalue weighted by Gasteiger charge is 2.40. The number of thiazole rings is 1. The quantitative estimate of drug-likeness (QED) is 0.156. The molecule has 0 spiro atoms. The van der Waals surface area contributed by atoms with E-state index in [0.717, 1.165) is 21.9 Å². The normalized spacial score (nSPS) is 12.7. The van der Waals surface area contributed by atoms with Gasteiger partial charge in [-0.25, -0.2) is 4.98 Å². The number of ether oxygens (including phenoxy) is 1. The first kappa shape index (κ1) is 26.0. The number of anilines is 1. The number of imide groups is 1. The molecule has 1 aliphatic heterocycles. The van der Waals surface area contributed by atoms with E-state index in [1.807, 2.05) is 43.5 Å². The van der Waals surface area contributed by atoms with Crippen molar-refractivity contribution < 1.29 is 24.0 Å². The lowest BCUT2D eigenvalue weighted by molar-refractivity contribution is -0.385. The third-order valence-corrected chi connectivity index (χ3v) is 6.49. The monoisotopic (exact) mass is 522 g/mol. The van der Waals surface area contributed by atoms with Gasteiger partial charge >= 0.3 is 0 Å². The molecule has 37 heavy (non-hydrogen) atoms. The van der Waals surface area contributed by atoms with Gasteiger partial charge in [-0.05, 0) is 57.0 Å². The number of rotatable bonds is 11. The molecule has 0 aliphatic carbocycles. The molecule has 192 valence electrons. The van der Waals surface area contributed by atoms with Crippen LogP contribution in [0.5, 0.6) is 5.75 Å². The van der Waals surface area contributed by atoms with E-state index in [-0.39, 0.29) is 41.8 Å². The molecule has 3 amide bonds. The van der Waals surface area contributed by atoms with Crippen LogP contribution in [0.15, 0.2) is 47.8 Å². The number of benzene rings is 2. The highest BCUT2D eigenvalue weighted by Crippen LogP contribution is 2.31. The van der Waals surface area contributed by atoms with Crippen molar-refractivity contribution in [2.75, 3.05) is 11.9 Å². The van der Waals surface area contributed by atoms with Crippen LogP contribution < -0.4 is 10.1 Å². The first-order chi connectivity index (χ1) is 17.7. The van der Waals surface area contributed by atoms with Crippen LogP contribution in [-0.4, -0.2) is 45.2 Å². The average Bonchev–Trinajstić information content (AvgIpc) is 3.42. The molecule has 11 heteroatoms. The number of nitro benzene ring substituents is 1. The topological polar surface area (TPSA) is 132 Å². The highest BCUT2D eigenvalue weighted by molar-refractivity contribution is 7.14. The fourth-order valence-corrected chi connectivity index (χ4v) is 4.76. The lowest BCUT2D eigenvalue weighted by Crippen LogP contribution is -2.30. The molecular formula is C26H26N4O6S. The van der Waals surface area contributed by atoms with Crippen LogP contribution >= 0.6 is 11.3 Å². The summed E-state index contributed by atoms with van der Waals surface area (Å²) in [7, 11) is 0. The minimum Gasteiger partial charge on any atom is -0.491 e. The predicted octanol–water partition coefficient (Wildman–Crippen LogP) is 5.30.